The summed E-state index contributed by atoms with van der Waals surface area (Å²) >= 11 is 0.137. The second-order valence-corrected chi connectivity index (χ2v) is 11.4. The van der Waals surface area contributed by atoms with Gasteiger partial charge in [0.1, 0.15) is 22.1 Å². The molecule has 0 aliphatic heterocycles. The summed E-state index contributed by atoms with van der Waals surface area (Å²) in [5, 5.41) is 23.6. The monoisotopic (exact) mass is 637 g/mol. The first kappa shape index (κ1) is 31.6. The lowest BCUT2D eigenvalue weighted by atomic mass is 10.2. The van der Waals surface area contributed by atoms with Crippen LogP contribution in [0.1, 0.15) is 0 Å². The fourth-order valence-electron chi connectivity index (χ4n) is 2.95. The lowest BCUT2D eigenvalue weighted by Gasteiger charge is -2.11. The highest BCUT2D eigenvalue weighted by atomic mass is 32.2. The molecule has 0 atom stereocenters. The molecule has 6 N–H and O–H groups in total. The molecular formula is C19H17F2N7O10S3. The summed E-state index contributed by atoms with van der Waals surface area (Å²) < 4.78 is 94.0. The fraction of sp³-hybridized carbons (Fsp3) is 0.105. The second-order valence-electron chi connectivity index (χ2n) is 7.35. The Labute approximate surface area is 233 Å². The van der Waals surface area contributed by atoms with E-state index in [1.54, 1.807) is 0 Å². The van der Waals surface area contributed by atoms with Crippen molar-refractivity contribution in [3.63, 3.8) is 0 Å². The molecule has 0 bridgehead atoms. The molecule has 22 heteroatoms. The quantitative estimate of drug-likeness (QED) is 0.0263. The van der Waals surface area contributed by atoms with Crippen LogP contribution in [0.4, 0.5) is 42.1 Å². The third kappa shape index (κ3) is 9.32. The van der Waals surface area contributed by atoms with E-state index in [9.17, 15) is 35.0 Å². The van der Waals surface area contributed by atoms with Gasteiger partial charge in [-0.2, -0.15) is 27.2 Å². The predicted octanol–water partition coefficient (Wildman–Crippen LogP) is 3.43. The van der Waals surface area contributed by atoms with Crippen LogP contribution in [0.5, 0.6) is 0 Å². The van der Waals surface area contributed by atoms with Gasteiger partial charge in [0.2, 0.25) is 5.95 Å². The Morgan fingerprint density at radius 2 is 1.76 bits per heavy atom. The summed E-state index contributed by atoms with van der Waals surface area (Å²) in [4.78, 5) is 16.3. The van der Waals surface area contributed by atoms with Crippen molar-refractivity contribution >= 4 is 66.9 Å². The highest BCUT2D eigenvalue weighted by Gasteiger charge is 2.22. The smallest absolute Gasteiger partial charge is 0.316 e. The minimum absolute atomic E-state index is 0.0951. The van der Waals surface area contributed by atoms with Gasteiger partial charge in [0.15, 0.2) is 22.2 Å². The number of benzene rings is 2. The number of carbonyl (C=O) groups excluding carboxylic acids is 1. The van der Waals surface area contributed by atoms with Crippen molar-refractivity contribution in [2.45, 2.75) is 9.79 Å². The number of anilines is 3. The molecular weight excluding hydrogens is 620 g/mol. The Hall–Kier alpha value is -3.90. The highest BCUT2D eigenvalue weighted by Crippen LogP contribution is 2.33. The minimum atomic E-state index is -5.02. The van der Waals surface area contributed by atoms with Crippen LogP contribution in [0, 0.1) is 12.0 Å². The van der Waals surface area contributed by atoms with E-state index in [2.05, 4.69) is 44.4 Å². The number of nitrogens with one attached hydrogen (secondary N) is 2. The topological polar surface area (TPSA) is 254 Å². The Bertz CT molecular complexity index is 1660. The van der Waals surface area contributed by atoms with Gasteiger partial charge in [0, 0.05) is 11.8 Å². The predicted molar refractivity (Wildman–Crippen MR) is 136 cm³/mol. The molecule has 17 nitrogen and oxygen atoms in total. The van der Waals surface area contributed by atoms with Gasteiger partial charge in [0.25, 0.3) is 10.1 Å². The van der Waals surface area contributed by atoms with Gasteiger partial charge >= 0.3 is 12.1 Å². The van der Waals surface area contributed by atoms with Gasteiger partial charge in [-0.15, -0.1) is 14.6 Å². The first-order chi connectivity index (χ1) is 19.3. The van der Waals surface area contributed by atoms with Crippen molar-refractivity contribution in [1.82, 2.24) is 9.97 Å². The van der Waals surface area contributed by atoms with Crippen LogP contribution in [0.25, 0.3) is 0 Å². The van der Waals surface area contributed by atoms with E-state index in [4.69, 9.17) is 11.0 Å². The Balaban J connectivity index is 1.92. The molecule has 0 saturated heterocycles. The number of urea groups is 1. The molecule has 0 aliphatic rings. The van der Waals surface area contributed by atoms with Crippen LogP contribution in [0.3, 0.4) is 0 Å². The standard InChI is InChI=1S/C19H17F2N7O10S3/c20-16-9-17(26-18(21)25-16)23-10-1-3-12(14(7-10)24-19(22)29)27-28-13-4-2-11(8-15(13)41(33,34)35)40(31,32)6-5-36-39-38-37-30/h1-4,7-9,30H,5-6H2,(H3,22,24,29)(H,23,25,26)(H,33,34,35)/b28-27+. The SMILES string of the molecule is NC(=O)Nc1cc(Nc2cc(F)nc(F)n2)ccc1/N=N/c1ccc(S(=O)(=O)CCOSOOO)cc1S(=O)(=O)O. The number of sulfone groups is 1. The van der Waals surface area contributed by atoms with Crippen molar-refractivity contribution < 1.29 is 53.8 Å². The second kappa shape index (κ2) is 13.6. The maximum Gasteiger partial charge on any atom is 0.316 e. The Morgan fingerprint density at radius 3 is 2.41 bits per heavy atom. The van der Waals surface area contributed by atoms with Gasteiger partial charge in [-0.1, -0.05) is 5.04 Å². The summed E-state index contributed by atoms with van der Waals surface area (Å²) in [6.45, 7) is -0.458. The van der Waals surface area contributed by atoms with Gasteiger partial charge in [-0.25, -0.2) is 18.5 Å². The van der Waals surface area contributed by atoms with E-state index < -0.39 is 65.9 Å². The number of hydrogen-bond donors (Lipinski definition) is 5. The number of carbonyl (C=O) groups is 1. The number of amides is 2. The zero-order valence-corrected chi connectivity index (χ0v) is 22.4. The molecule has 3 rings (SSSR count). The summed E-state index contributed by atoms with van der Waals surface area (Å²) in [5.74, 6) is -2.07. The zero-order valence-electron chi connectivity index (χ0n) is 20.0. The number of rotatable bonds is 13. The van der Waals surface area contributed by atoms with E-state index in [1.807, 2.05) is 0 Å². The lowest BCUT2D eigenvalue weighted by molar-refractivity contribution is -0.434. The molecule has 1 heterocycles. The van der Waals surface area contributed by atoms with E-state index in [1.165, 1.54) is 18.2 Å². The van der Waals surface area contributed by atoms with Crippen molar-refractivity contribution in [3.8, 4) is 0 Å². The van der Waals surface area contributed by atoms with Crippen molar-refractivity contribution in [2.24, 2.45) is 16.0 Å². The molecule has 2 aromatic carbocycles. The highest BCUT2D eigenvalue weighted by molar-refractivity contribution is 7.91. The van der Waals surface area contributed by atoms with Crippen LogP contribution in [-0.4, -0.2) is 55.0 Å². The maximum absolute atomic E-state index is 13.4. The normalized spacial score (nSPS) is 12.0. The first-order valence-corrected chi connectivity index (χ1v) is 14.2. The molecule has 1 aromatic heterocycles. The minimum Gasteiger partial charge on any atom is -0.351 e. The van der Waals surface area contributed by atoms with E-state index in [-0.39, 0.29) is 35.2 Å². The number of nitrogens with two attached hydrogens (primary N) is 1. The zero-order chi connectivity index (χ0) is 30.2. The molecule has 220 valence electrons. The fourth-order valence-corrected chi connectivity index (χ4v) is 5.10. The van der Waals surface area contributed by atoms with Crippen LogP contribution in [0.15, 0.2) is 62.5 Å². The van der Waals surface area contributed by atoms with Crippen molar-refractivity contribution in [1.29, 1.82) is 0 Å². The number of hydrogen-bond acceptors (Lipinski definition) is 15. The number of halogens is 2. The Morgan fingerprint density at radius 1 is 1.05 bits per heavy atom. The number of nitrogens with zero attached hydrogens (tertiary/aromatic N) is 4. The molecule has 3 aromatic rings. The van der Waals surface area contributed by atoms with Gasteiger partial charge in [0.05, 0.1) is 22.9 Å². The summed E-state index contributed by atoms with van der Waals surface area (Å²) in [6.07, 6.45) is -1.34. The molecule has 0 saturated carbocycles. The van der Waals surface area contributed by atoms with E-state index >= 15 is 0 Å². The summed E-state index contributed by atoms with van der Waals surface area (Å²) in [7, 11) is -9.16. The van der Waals surface area contributed by atoms with Crippen LogP contribution in [0.2, 0.25) is 0 Å². The number of aromatic nitrogens is 2. The van der Waals surface area contributed by atoms with Crippen LogP contribution in [-0.2, 0) is 33.5 Å². The molecule has 41 heavy (non-hydrogen) atoms. The lowest BCUT2D eigenvalue weighted by Crippen LogP contribution is -2.19. The van der Waals surface area contributed by atoms with Crippen molar-refractivity contribution in [2.75, 3.05) is 23.0 Å². The van der Waals surface area contributed by atoms with Crippen LogP contribution < -0.4 is 16.4 Å². The largest absolute Gasteiger partial charge is 0.351 e. The Kier molecular flexibility index (Phi) is 10.5. The summed E-state index contributed by atoms with van der Waals surface area (Å²) in [6, 6.07) is 6.16. The van der Waals surface area contributed by atoms with E-state index in [0.29, 0.717) is 6.07 Å². The number of azo groups is 1. The van der Waals surface area contributed by atoms with Gasteiger partial charge in [-0.3, -0.25) is 8.74 Å². The average Bonchev–Trinajstić information content (AvgIpc) is 2.86. The summed E-state index contributed by atoms with van der Waals surface area (Å²) in [5.41, 5.74) is 4.65. The van der Waals surface area contributed by atoms with E-state index in [0.717, 1.165) is 18.2 Å². The molecule has 0 spiro atoms. The first-order valence-electron chi connectivity index (χ1n) is 10.5. The third-order valence-electron chi connectivity index (χ3n) is 4.57. The molecule has 0 unspecified atom stereocenters. The number of primary amides is 1. The average molecular weight is 638 g/mol. The third-order valence-corrected chi connectivity index (χ3v) is 7.51. The molecule has 2 amide bonds. The molecule has 0 fully saturated rings. The van der Waals surface area contributed by atoms with Crippen molar-refractivity contribution in [3.05, 3.63) is 54.5 Å². The van der Waals surface area contributed by atoms with Gasteiger partial charge in [-0.05, 0) is 36.4 Å². The molecule has 0 aliphatic carbocycles. The maximum atomic E-state index is 13.4. The van der Waals surface area contributed by atoms with Crippen LogP contribution >= 0.6 is 12.3 Å². The molecule has 0 radical (unpaired) electrons. The van der Waals surface area contributed by atoms with Gasteiger partial charge < -0.3 is 16.4 Å².